The van der Waals surface area contributed by atoms with Crippen molar-refractivity contribution in [3.63, 3.8) is 0 Å². The molecular weight excluding hydrogens is 364 g/mol. The van der Waals surface area contributed by atoms with E-state index in [0.717, 1.165) is 29.8 Å². The Morgan fingerprint density at radius 3 is 2.76 bits per heavy atom. The van der Waals surface area contributed by atoms with E-state index in [4.69, 9.17) is 4.74 Å². The number of hydrogen-bond acceptors (Lipinski definition) is 5. The lowest BCUT2D eigenvalue weighted by molar-refractivity contribution is -0.123. The predicted octanol–water partition coefficient (Wildman–Crippen LogP) is 3.29. The molecule has 6 nitrogen and oxygen atoms in total. The van der Waals surface area contributed by atoms with Crippen LogP contribution >= 0.6 is 0 Å². The number of rotatable bonds is 6. The highest BCUT2D eigenvalue weighted by atomic mass is 16.5. The minimum Gasteiger partial charge on any atom is -0.489 e. The van der Waals surface area contributed by atoms with E-state index in [2.05, 4.69) is 32.4 Å². The summed E-state index contributed by atoms with van der Waals surface area (Å²) in [6.45, 7) is 6.12. The minimum atomic E-state index is -0.341. The minimum absolute atomic E-state index is 0.0335. The van der Waals surface area contributed by atoms with Gasteiger partial charge in [0.2, 0.25) is 5.91 Å². The summed E-state index contributed by atoms with van der Waals surface area (Å²) >= 11 is 0. The molecule has 3 atom stereocenters. The highest BCUT2D eigenvalue weighted by Crippen LogP contribution is 2.54. The Morgan fingerprint density at radius 1 is 1.24 bits per heavy atom. The second kappa shape index (κ2) is 7.78. The first-order chi connectivity index (χ1) is 14.0. The van der Waals surface area contributed by atoms with Crippen LogP contribution < -0.4 is 10.1 Å². The van der Waals surface area contributed by atoms with Gasteiger partial charge in [-0.1, -0.05) is 36.4 Å². The second-order valence-corrected chi connectivity index (χ2v) is 7.87. The topological polar surface area (TPSA) is 76.5 Å². The molecule has 1 fully saturated rings. The number of dihydropyridines is 1. The molecule has 1 saturated carbocycles. The van der Waals surface area contributed by atoms with Gasteiger partial charge in [-0.25, -0.2) is 9.97 Å². The maximum Gasteiger partial charge on any atom is 0.225 e. The van der Waals surface area contributed by atoms with Crippen LogP contribution in [0.3, 0.4) is 0 Å². The number of nitrogens with zero attached hydrogens (tertiary/aromatic N) is 3. The molecule has 2 heterocycles. The van der Waals surface area contributed by atoms with Crippen molar-refractivity contribution in [2.45, 2.75) is 45.2 Å². The molecule has 2 aliphatic rings. The smallest absolute Gasteiger partial charge is 0.225 e. The highest BCUT2D eigenvalue weighted by Gasteiger charge is 2.60. The van der Waals surface area contributed by atoms with Crippen molar-refractivity contribution in [3.05, 3.63) is 65.8 Å². The lowest BCUT2D eigenvalue weighted by atomic mass is 9.93. The number of amides is 1. The fraction of sp³-hybridized carbons (Fsp3) is 0.391. The fourth-order valence-electron chi connectivity index (χ4n) is 3.97. The quantitative estimate of drug-likeness (QED) is 0.821. The Bertz CT molecular complexity index is 970. The number of allylic oxidation sites excluding steroid dienone is 1. The molecule has 29 heavy (non-hydrogen) atoms. The molecule has 0 spiro atoms. The normalized spacial score (nSPS) is 25.3. The molecule has 150 valence electrons. The molecule has 2 aromatic rings. The molecule has 0 radical (unpaired) electrons. The van der Waals surface area contributed by atoms with Crippen LogP contribution in [0.2, 0.25) is 0 Å². The van der Waals surface area contributed by atoms with E-state index in [1.165, 1.54) is 0 Å². The van der Waals surface area contributed by atoms with Gasteiger partial charge in [0.15, 0.2) is 5.75 Å². The maximum atomic E-state index is 13.0. The van der Waals surface area contributed by atoms with Crippen molar-refractivity contribution in [2.75, 3.05) is 6.61 Å². The summed E-state index contributed by atoms with van der Waals surface area (Å²) in [4.78, 5) is 26.1. The van der Waals surface area contributed by atoms with Gasteiger partial charge in [0.05, 0.1) is 24.4 Å². The monoisotopic (exact) mass is 390 g/mol. The first-order valence-corrected chi connectivity index (χ1v) is 9.98. The van der Waals surface area contributed by atoms with Crippen LogP contribution in [0.25, 0.3) is 0 Å². The third-order valence-corrected chi connectivity index (χ3v) is 5.67. The number of aliphatic imine (C=N–C) groups is 1. The lowest BCUT2D eigenvalue weighted by Crippen LogP contribution is -2.38. The molecule has 0 saturated heterocycles. The van der Waals surface area contributed by atoms with Crippen molar-refractivity contribution in [3.8, 4) is 5.75 Å². The summed E-state index contributed by atoms with van der Waals surface area (Å²) in [6.07, 6.45) is 7.03. The summed E-state index contributed by atoms with van der Waals surface area (Å²) in [5.74, 6) is 1.27. The Balaban J connectivity index is 1.51. The number of benzene rings is 1. The van der Waals surface area contributed by atoms with Crippen LogP contribution in [0.15, 0.2) is 53.7 Å². The zero-order chi connectivity index (χ0) is 20.4. The van der Waals surface area contributed by atoms with Crippen LogP contribution in [0.4, 0.5) is 0 Å². The number of ether oxygens (including phenoxy) is 1. The van der Waals surface area contributed by atoms with Crippen molar-refractivity contribution in [1.82, 2.24) is 15.3 Å². The standard InChI is InChI=1S/C23H26N4O2/c1-15-8-7-11-21(25-15)27-22(28)19-12-23(19,18-9-5-4-6-10-18)14-29-20-13-24-17(3)26-16(20)2/h4-10,13,19,21H,11-12,14H2,1-3H3,(H,27,28)/t19-,21?,23+/m0/s1. The zero-order valence-electron chi connectivity index (χ0n) is 17.1. The van der Waals surface area contributed by atoms with Crippen LogP contribution in [-0.2, 0) is 10.2 Å². The lowest BCUT2D eigenvalue weighted by Gasteiger charge is -2.21. The van der Waals surface area contributed by atoms with Crippen LogP contribution in [-0.4, -0.2) is 34.4 Å². The van der Waals surface area contributed by atoms with Gasteiger partial charge in [0, 0.05) is 17.5 Å². The summed E-state index contributed by atoms with van der Waals surface area (Å²) in [5.41, 5.74) is 2.52. The van der Waals surface area contributed by atoms with Gasteiger partial charge in [-0.15, -0.1) is 0 Å². The summed E-state index contributed by atoms with van der Waals surface area (Å²) < 4.78 is 6.12. The Hall–Kier alpha value is -3.02. The van der Waals surface area contributed by atoms with Crippen LogP contribution in [0.5, 0.6) is 5.75 Å². The number of carbonyl (C=O) groups excluding carboxylic acids is 1. The zero-order valence-corrected chi connectivity index (χ0v) is 17.1. The third-order valence-electron chi connectivity index (χ3n) is 5.67. The third kappa shape index (κ3) is 4.06. The van der Waals surface area contributed by atoms with Crippen molar-refractivity contribution >= 4 is 11.6 Å². The molecule has 1 amide bonds. The molecule has 6 heteroatoms. The maximum absolute atomic E-state index is 13.0. The van der Waals surface area contributed by atoms with E-state index in [-0.39, 0.29) is 23.4 Å². The Morgan fingerprint density at radius 2 is 2.03 bits per heavy atom. The van der Waals surface area contributed by atoms with E-state index in [1.807, 2.05) is 51.1 Å². The largest absolute Gasteiger partial charge is 0.489 e. The molecule has 1 aliphatic heterocycles. The van der Waals surface area contributed by atoms with Gasteiger partial charge in [-0.3, -0.25) is 9.79 Å². The molecule has 1 N–H and O–H groups in total. The Kier molecular flexibility index (Phi) is 5.18. The van der Waals surface area contributed by atoms with Gasteiger partial charge < -0.3 is 10.1 Å². The number of nitrogens with one attached hydrogen (secondary N) is 1. The van der Waals surface area contributed by atoms with E-state index in [1.54, 1.807) is 6.20 Å². The van der Waals surface area contributed by atoms with Gasteiger partial charge in [0.1, 0.15) is 12.0 Å². The van der Waals surface area contributed by atoms with Crippen molar-refractivity contribution in [2.24, 2.45) is 10.9 Å². The van der Waals surface area contributed by atoms with Crippen molar-refractivity contribution < 1.29 is 9.53 Å². The van der Waals surface area contributed by atoms with Gasteiger partial charge in [-0.05, 0) is 38.8 Å². The first kappa shape index (κ1) is 19.3. The molecular formula is C23H26N4O2. The van der Waals surface area contributed by atoms with Gasteiger partial charge in [0.25, 0.3) is 0 Å². The molecule has 4 rings (SSSR count). The highest BCUT2D eigenvalue weighted by molar-refractivity contribution is 5.94. The van der Waals surface area contributed by atoms with E-state index in [9.17, 15) is 4.79 Å². The number of carbonyl (C=O) groups is 1. The molecule has 1 unspecified atom stereocenters. The number of aryl methyl sites for hydroxylation is 2. The predicted molar refractivity (Wildman–Crippen MR) is 112 cm³/mol. The molecule has 0 bridgehead atoms. The number of hydrogen-bond donors (Lipinski definition) is 1. The van der Waals surface area contributed by atoms with E-state index in [0.29, 0.717) is 18.2 Å². The average molecular weight is 390 g/mol. The fourth-order valence-corrected chi connectivity index (χ4v) is 3.97. The molecule has 1 aromatic carbocycles. The molecule has 1 aromatic heterocycles. The average Bonchev–Trinajstić information content (AvgIpc) is 3.44. The second-order valence-electron chi connectivity index (χ2n) is 7.87. The van der Waals surface area contributed by atoms with Gasteiger partial charge in [-0.2, -0.15) is 0 Å². The summed E-state index contributed by atoms with van der Waals surface area (Å²) in [7, 11) is 0. The van der Waals surface area contributed by atoms with Crippen LogP contribution in [0, 0.1) is 19.8 Å². The first-order valence-electron chi connectivity index (χ1n) is 9.98. The molecule has 1 aliphatic carbocycles. The number of aromatic nitrogens is 2. The van der Waals surface area contributed by atoms with Crippen molar-refractivity contribution in [1.29, 1.82) is 0 Å². The Labute approximate surface area is 171 Å². The van der Waals surface area contributed by atoms with E-state index >= 15 is 0 Å². The van der Waals surface area contributed by atoms with Crippen LogP contribution in [0.1, 0.15) is 36.8 Å². The SMILES string of the molecule is CC1=NC(NC(=O)[C@@H]2C[C@@]2(COc2cnc(C)nc2C)c2ccccc2)CC=C1. The summed E-state index contributed by atoms with van der Waals surface area (Å²) in [6, 6.07) is 10.1. The van der Waals surface area contributed by atoms with E-state index < -0.39 is 0 Å². The van der Waals surface area contributed by atoms with Gasteiger partial charge >= 0.3 is 0 Å². The summed E-state index contributed by atoms with van der Waals surface area (Å²) in [5, 5.41) is 3.09.